The van der Waals surface area contributed by atoms with Gasteiger partial charge in [-0.15, -0.1) is 0 Å². The summed E-state index contributed by atoms with van der Waals surface area (Å²) < 4.78 is 16.5. The molecule has 2 aromatic carbocycles. The van der Waals surface area contributed by atoms with Gasteiger partial charge < -0.3 is 13.3 Å². The van der Waals surface area contributed by atoms with Crippen molar-refractivity contribution in [1.29, 1.82) is 0 Å². The normalized spacial score (nSPS) is 12.2. The third kappa shape index (κ3) is 1.03. The molecule has 19 heavy (non-hydrogen) atoms. The van der Waals surface area contributed by atoms with Crippen LogP contribution >= 0.6 is 0 Å². The number of hydrogen-bond donors (Lipinski definition) is 0. The van der Waals surface area contributed by atoms with Gasteiger partial charge in [0.2, 0.25) is 0 Å². The Morgan fingerprint density at radius 3 is 2.53 bits per heavy atom. The van der Waals surface area contributed by atoms with Crippen molar-refractivity contribution in [1.82, 2.24) is 0 Å². The van der Waals surface area contributed by atoms with Gasteiger partial charge >= 0.3 is 0 Å². The first-order valence-electron chi connectivity index (χ1n) is 6.08. The number of furan rings is 3. The van der Waals surface area contributed by atoms with E-state index in [0.717, 1.165) is 43.5 Å². The first kappa shape index (κ1) is 9.28. The molecular weight excluding hydrogens is 240 g/mol. The van der Waals surface area contributed by atoms with E-state index in [1.54, 1.807) is 25.1 Å². The Hall–Kier alpha value is -2.68. The van der Waals surface area contributed by atoms with E-state index in [1.807, 2.05) is 12.1 Å². The van der Waals surface area contributed by atoms with Crippen molar-refractivity contribution in [3.05, 3.63) is 49.3 Å². The highest BCUT2D eigenvalue weighted by Crippen LogP contribution is 2.38. The number of hydrogen-bond acceptors (Lipinski definition) is 3. The fourth-order valence-corrected chi connectivity index (χ4v) is 2.87. The van der Waals surface area contributed by atoms with E-state index >= 15 is 0 Å². The molecule has 0 unspecified atom stereocenters. The van der Waals surface area contributed by atoms with Crippen LogP contribution in [0.4, 0.5) is 0 Å². The van der Waals surface area contributed by atoms with Crippen LogP contribution in [0.3, 0.4) is 0 Å². The summed E-state index contributed by atoms with van der Waals surface area (Å²) in [5.74, 6) is 0. The van der Waals surface area contributed by atoms with Crippen molar-refractivity contribution < 1.29 is 13.3 Å². The standard InChI is InChI=1S/C16H8O3/c1-3-18-15-6-12-10-2-4-19-16(10)14-8-17-7-13(14)11(12)5-9(1)15/h1-8H. The predicted molar refractivity (Wildman–Crippen MR) is 73.3 cm³/mol. The monoisotopic (exact) mass is 248 g/mol. The van der Waals surface area contributed by atoms with Gasteiger partial charge in [-0.05, 0) is 35.0 Å². The van der Waals surface area contributed by atoms with Crippen LogP contribution < -0.4 is 0 Å². The SMILES string of the molecule is c1cc2cc3c(cc2o1)c1ccoc1c1cocc31. The summed E-state index contributed by atoms with van der Waals surface area (Å²) >= 11 is 0. The molecule has 5 rings (SSSR count). The molecule has 3 heterocycles. The Labute approximate surface area is 107 Å². The lowest BCUT2D eigenvalue weighted by Gasteiger charge is -2.02. The lowest BCUT2D eigenvalue weighted by Crippen LogP contribution is -1.77. The average Bonchev–Trinajstić information content (AvgIpc) is 3.15. The highest BCUT2D eigenvalue weighted by molar-refractivity contribution is 6.25. The zero-order valence-electron chi connectivity index (χ0n) is 9.84. The highest BCUT2D eigenvalue weighted by atomic mass is 16.3. The van der Waals surface area contributed by atoms with Crippen molar-refractivity contribution >= 4 is 43.5 Å². The maximum absolute atomic E-state index is 5.60. The van der Waals surface area contributed by atoms with Gasteiger partial charge in [0.1, 0.15) is 17.4 Å². The van der Waals surface area contributed by atoms with Crippen molar-refractivity contribution in [2.45, 2.75) is 0 Å². The molecule has 0 N–H and O–H groups in total. The van der Waals surface area contributed by atoms with E-state index in [9.17, 15) is 0 Å². The lowest BCUT2D eigenvalue weighted by molar-refractivity contribution is 0.571. The highest BCUT2D eigenvalue weighted by Gasteiger charge is 2.13. The van der Waals surface area contributed by atoms with Crippen LogP contribution in [0.15, 0.2) is 62.6 Å². The first-order valence-corrected chi connectivity index (χ1v) is 6.08. The Bertz CT molecular complexity index is 975. The minimum absolute atomic E-state index is 0.863. The van der Waals surface area contributed by atoms with Gasteiger partial charge in [-0.3, -0.25) is 0 Å². The molecule has 0 amide bonds. The molecule has 0 aliphatic carbocycles. The largest absolute Gasteiger partial charge is 0.471 e. The van der Waals surface area contributed by atoms with E-state index < -0.39 is 0 Å². The minimum atomic E-state index is 0.863. The number of fused-ring (bicyclic) bond motifs is 7. The third-order valence-corrected chi connectivity index (χ3v) is 3.74. The Morgan fingerprint density at radius 1 is 0.684 bits per heavy atom. The smallest absolute Gasteiger partial charge is 0.145 e. The van der Waals surface area contributed by atoms with Crippen LogP contribution in [0.5, 0.6) is 0 Å². The molecule has 0 fully saturated rings. The molecule has 0 radical (unpaired) electrons. The molecule has 0 atom stereocenters. The van der Waals surface area contributed by atoms with Crippen molar-refractivity contribution in [3.63, 3.8) is 0 Å². The Morgan fingerprint density at radius 2 is 1.53 bits per heavy atom. The van der Waals surface area contributed by atoms with Gasteiger partial charge in [0.25, 0.3) is 0 Å². The number of benzene rings is 2. The average molecular weight is 248 g/mol. The van der Waals surface area contributed by atoms with Crippen molar-refractivity contribution in [3.8, 4) is 0 Å². The van der Waals surface area contributed by atoms with Crippen molar-refractivity contribution in [2.75, 3.05) is 0 Å². The zero-order chi connectivity index (χ0) is 12.4. The van der Waals surface area contributed by atoms with Crippen LogP contribution in [-0.4, -0.2) is 0 Å². The molecule has 3 aromatic heterocycles. The molecule has 0 spiro atoms. The molecule has 0 bridgehead atoms. The Kier molecular flexibility index (Phi) is 1.47. The number of rotatable bonds is 0. The second-order valence-corrected chi connectivity index (χ2v) is 4.72. The molecular formula is C16H8O3. The van der Waals surface area contributed by atoms with Gasteiger partial charge in [-0.25, -0.2) is 0 Å². The van der Waals surface area contributed by atoms with Gasteiger partial charge in [-0.2, -0.15) is 0 Å². The molecule has 0 aliphatic rings. The van der Waals surface area contributed by atoms with E-state index in [0.29, 0.717) is 0 Å². The zero-order valence-corrected chi connectivity index (χ0v) is 9.84. The van der Waals surface area contributed by atoms with Crippen LogP contribution in [0.2, 0.25) is 0 Å². The van der Waals surface area contributed by atoms with Gasteiger partial charge in [0, 0.05) is 16.2 Å². The molecule has 3 nitrogen and oxygen atoms in total. The summed E-state index contributed by atoms with van der Waals surface area (Å²) in [4.78, 5) is 0. The van der Waals surface area contributed by atoms with Crippen molar-refractivity contribution in [2.24, 2.45) is 0 Å². The summed E-state index contributed by atoms with van der Waals surface area (Å²) in [7, 11) is 0. The van der Waals surface area contributed by atoms with E-state index in [-0.39, 0.29) is 0 Å². The summed E-state index contributed by atoms with van der Waals surface area (Å²) in [6, 6.07) is 8.16. The van der Waals surface area contributed by atoms with Crippen LogP contribution in [0, 0.1) is 0 Å². The van der Waals surface area contributed by atoms with Crippen LogP contribution in [-0.2, 0) is 0 Å². The maximum Gasteiger partial charge on any atom is 0.145 e. The van der Waals surface area contributed by atoms with Gasteiger partial charge in [0.15, 0.2) is 0 Å². The summed E-state index contributed by atoms with van der Waals surface area (Å²) in [5.41, 5.74) is 1.75. The predicted octanol–water partition coefficient (Wildman–Crippen LogP) is 5.08. The minimum Gasteiger partial charge on any atom is -0.471 e. The first-order chi connectivity index (χ1) is 9.42. The molecule has 3 heteroatoms. The van der Waals surface area contributed by atoms with E-state index in [1.165, 1.54) is 0 Å². The topological polar surface area (TPSA) is 39.4 Å². The fourth-order valence-electron chi connectivity index (χ4n) is 2.87. The van der Waals surface area contributed by atoms with Crippen LogP contribution in [0.25, 0.3) is 43.5 Å². The van der Waals surface area contributed by atoms with Crippen LogP contribution in [0.1, 0.15) is 0 Å². The lowest BCUT2D eigenvalue weighted by atomic mass is 10.0. The maximum atomic E-state index is 5.60. The van der Waals surface area contributed by atoms with E-state index in [4.69, 9.17) is 13.3 Å². The quantitative estimate of drug-likeness (QED) is 0.383. The second kappa shape index (κ2) is 3.01. The molecule has 0 saturated heterocycles. The van der Waals surface area contributed by atoms with Gasteiger partial charge in [0.05, 0.1) is 24.2 Å². The molecule has 5 aromatic rings. The van der Waals surface area contributed by atoms with Gasteiger partial charge in [-0.1, -0.05) is 0 Å². The molecule has 90 valence electrons. The summed E-state index contributed by atoms with van der Waals surface area (Å²) in [6.07, 6.45) is 6.93. The Balaban J connectivity index is 2.23. The molecule has 0 aliphatic heterocycles. The summed E-state index contributed by atoms with van der Waals surface area (Å²) in [5, 5.41) is 6.54. The summed E-state index contributed by atoms with van der Waals surface area (Å²) in [6.45, 7) is 0. The van der Waals surface area contributed by atoms with E-state index in [2.05, 4.69) is 12.1 Å². The third-order valence-electron chi connectivity index (χ3n) is 3.74. The second-order valence-electron chi connectivity index (χ2n) is 4.72. The molecule has 0 saturated carbocycles. The fraction of sp³-hybridized carbons (Fsp3) is 0.